The first kappa shape index (κ1) is 19.9. The molecule has 1 aliphatic rings. The molecule has 5 nitrogen and oxygen atoms in total. The highest BCUT2D eigenvalue weighted by molar-refractivity contribution is 5.69. The molecule has 1 aliphatic heterocycles. The van der Waals surface area contributed by atoms with Gasteiger partial charge < -0.3 is 19.5 Å². The number of aliphatic carboxylic acids is 1. The van der Waals surface area contributed by atoms with Crippen molar-refractivity contribution in [2.45, 2.75) is 39.0 Å². The van der Waals surface area contributed by atoms with Crippen molar-refractivity contribution in [1.29, 1.82) is 0 Å². The Kier molecular flexibility index (Phi) is 6.34. The van der Waals surface area contributed by atoms with E-state index in [4.69, 9.17) is 9.84 Å². The molecule has 0 aromatic heterocycles. The maximum atomic E-state index is 12.5. The van der Waals surface area contributed by atoms with Gasteiger partial charge in [0, 0.05) is 23.8 Å². The summed E-state index contributed by atoms with van der Waals surface area (Å²) in [6.07, 6.45) is 0.967. The van der Waals surface area contributed by atoms with Crippen molar-refractivity contribution in [2.24, 2.45) is 5.92 Å². The Labute approximate surface area is 162 Å². The molecule has 1 N–H and O–H groups in total. The SMILES string of the molecule is CC1CC(CC(=O)O)N(c2ccc(OCc3ccccc3OC(F)F)cc2)C1. The number of benzene rings is 2. The van der Waals surface area contributed by atoms with Crippen molar-refractivity contribution in [2.75, 3.05) is 11.4 Å². The summed E-state index contributed by atoms with van der Waals surface area (Å²) in [5.41, 5.74) is 1.48. The van der Waals surface area contributed by atoms with Gasteiger partial charge in [0.2, 0.25) is 0 Å². The fourth-order valence-corrected chi connectivity index (χ4v) is 3.59. The van der Waals surface area contributed by atoms with Gasteiger partial charge in [-0.15, -0.1) is 0 Å². The number of para-hydroxylation sites is 1. The molecule has 0 radical (unpaired) electrons. The molecule has 2 atom stereocenters. The van der Waals surface area contributed by atoms with Gasteiger partial charge in [-0.2, -0.15) is 8.78 Å². The Morgan fingerprint density at radius 2 is 1.93 bits per heavy atom. The third-order valence-electron chi connectivity index (χ3n) is 4.79. The Bertz CT molecular complexity index is 797. The molecule has 0 aliphatic carbocycles. The highest BCUT2D eigenvalue weighted by Crippen LogP contribution is 2.32. The Balaban J connectivity index is 1.64. The fourth-order valence-electron chi connectivity index (χ4n) is 3.59. The topological polar surface area (TPSA) is 59.0 Å². The van der Waals surface area contributed by atoms with Crippen LogP contribution in [0.2, 0.25) is 0 Å². The summed E-state index contributed by atoms with van der Waals surface area (Å²) in [4.78, 5) is 13.2. The fraction of sp³-hybridized carbons (Fsp3) is 0.381. The Morgan fingerprint density at radius 1 is 1.21 bits per heavy atom. The first-order chi connectivity index (χ1) is 13.4. The normalized spacial score (nSPS) is 19.1. The third kappa shape index (κ3) is 5.12. The minimum atomic E-state index is -2.89. The average Bonchev–Trinajstić information content (AvgIpc) is 3.00. The van der Waals surface area contributed by atoms with Crippen molar-refractivity contribution in [1.82, 2.24) is 0 Å². The van der Waals surface area contributed by atoms with E-state index in [9.17, 15) is 13.6 Å². The van der Waals surface area contributed by atoms with Gasteiger partial charge in [0.05, 0.1) is 6.42 Å². The van der Waals surface area contributed by atoms with Gasteiger partial charge in [0.25, 0.3) is 0 Å². The standard InChI is InChI=1S/C21H23F2NO4/c1-14-10-17(11-20(25)26)24(12-14)16-6-8-18(9-7-16)27-13-15-4-2-3-5-19(15)28-21(22)23/h2-9,14,17,21H,10-13H2,1H3,(H,25,26). The molecule has 0 saturated carbocycles. The largest absolute Gasteiger partial charge is 0.489 e. The van der Waals surface area contributed by atoms with Crippen LogP contribution in [0.15, 0.2) is 48.5 Å². The van der Waals surface area contributed by atoms with Crippen LogP contribution in [0.25, 0.3) is 0 Å². The summed E-state index contributed by atoms with van der Waals surface area (Å²) in [6.45, 7) is 0.147. The van der Waals surface area contributed by atoms with Gasteiger partial charge in [-0.05, 0) is 42.7 Å². The van der Waals surface area contributed by atoms with Gasteiger partial charge in [0.15, 0.2) is 0 Å². The minimum Gasteiger partial charge on any atom is -0.489 e. The highest BCUT2D eigenvalue weighted by Gasteiger charge is 2.31. The molecule has 0 amide bonds. The number of hydrogen-bond acceptors (Lipinski definition) is 4. The first-order valence-corrected chi connectivity index (χ1v) is 9.16. The van der Waals surface area contributed by atoms with Crippen molar-refractivity contribution in [3.8, 4) is 11.5 Å². The van der Waals surface area contributed by atoms with E-state index in [0.29, 0.717) is 17.2 Å². The molecule has 3 rings (SSSR count). The van der Waals surface area contributed by atoms with Crippen LogP contribution in [0.1, 0.15) is 25.3 Å². The maximum Gasteiger partial charge on any atom is 0.387 e. The molecule has 1 saturated heterocycles. The van der Waals surface area contributed by atoms with Crippen molar-refractivity contribution in [3.63, 3.8) is 0 Å². The predicted molar refractivity (Wildman–Crippen MR) is 101 cm³/mol. The second kappa shape index (κ2) is 8.91. The quantitative estimate of drug-likeness (QED) is 0.715. The zero-order valence-corrected chi connectivity index (χ0v) is 15.6. The lowest BCUT2D eigenvalue weighted by Gasteiger charge is -2.26. The molecule has 28 heavy (non-hydrogen) atoms. The van der Waals surface area contributed by atoms with Crippen molar-refractivity contribution < 1.29 is 28.2 Å². The van der Waals surface area contributed by atoms with Crippen molar-refractivity contribution >= 4 is 11.7 Å². The number of carbonyl (C=O) groups is 1. The van der Waals surface area contributed by atoms with E-state index < -0.39 is 12.6 Å². The molecule has 1 fully saturated rings. The van der Waals surface area contributed by atoms with E-state index >= 15 is 0 Å². The summed E-state index contributed by atoms with van der Waals surface area (Å²) >= 11 is 0. The van der Waals surface area contributed by atoms with Crippen LogP contribution in [0.3, 0.4) is 0 Å². The molecule has 150 valence electrons. The highest BCUT2D eigenvalue weighted by atomic mass is 19.3. The minimum absolute atomic E-state index is 0.0161. The molecular formula is C21H23F2NO4. The Hall–Kier alpha value is -2.83. The van der Waals surface area contributed by atoms with E-state index in [1.165, 1.54) is 6.07 Å². The number of ether oxygens (including phenoxy) is 2. The van der Waals surface area contributed by atoms with Crippen LogP contribution in [0, 0.1) is 5.92 Å². The van der Waals surface area contributed by atoms with Crippen LogP contribution < -0.4 is 14.4 Å². The summed E-state index contributed by atoms with van der Waals surface area (Å²) in [7, 11) is 0. The Morgan fingerprint density at radius 3 is 2.61 bits per heavy atom. The molecule has 2 aromatic rings. The lowest BCUT2D eigenvalue weighted by atomic mass is 10.1. The van der Waals surface area contributed by atoms with Crippen LogP contribution >= 0.6 is 0 Å². The number of rotatable bonds is 8. The smallest absolute Gasteiger partial charge is 0.387 e. The number of carboxylic acid groups (broad SMARTS) is 1. The van der Waals surface area contributed by atoms with Crippen LogP contribution in [-0.2, 0) is 11.4 Å². The van der Waals surface area contributed by atoms with E-state index in [-0.39, 0.29) is 24.8 Å². The van der Waals surface area contributed by atoms with Gasteiger partial charge in [0.1, 0.15) is 18.1 Å². The molecule has 0 bridgehead atoms. The number of nitrogens with zero attached hydrogens (tertiary/aromatic N) is 1. The van der Waals surface area contributed by atoms with Crippen LogP contribution in [-0.4, -0.2) is 30.3 Å². The third-order valence-corrected chi connectivity index (χ3v) is 4.79. The van der Waals surface area contributed by atoms with Gasteiger partial charge in [-0.25, -0.2) is 0 Å². The summed E-state index contributed by atoms with van der Waals surface area (Å²) in [5, 5.41) is 9.12. The molecule has 2 aromatic carbocycles. The second-order valence-electron chi connectivity index (χ2n) is 7.01. The number of halogens is 2. The maximum absolute atomic E-state index is 12.5. The molecule has 1 heterocycles. The number of hydrogen-bond donors (Lipinski definition) is 1. The molecular weight excluding hydrogens is 368 g/mol. The van der Waals surface area contributed by atoms with Gasteiger partial charge in [-0.3, -0.25) is 4.79 Å². The zero-order valence-electron chi connectivity index (χ0n) is 15.6. The summed E-state index contributed by atoms with van der Waals surface area (Å²) < 4.78 is 35.2. The first-order valence-electron chi connectivity index (χ1n) is 9.16. The van der Waals surface area contributed by atoms with Gasteiger partial charge in [-0.1, -0.05) is 25.1 Å². The van der Waals surface area contributed by atoms with E-state index in [1.807, 2.05) is 12.1 Å². The number of anilines is 1. The van der Waals surface area contributed by atoms with Crippen LogP contribution in [0.4, 0.5) is 14.5 Å². The van der Waals surface area contributed by atoms with E-state index in [0.717, 1.165) is 18.7 Å². The number of carboxylic acids is 1. The molecule has 7 heteroatoms. The monoisotopic (exact) mass is 391 g/mol. The zero-order chi connectivity index (χ0) is 20.1. The number of alkyl halides is 2. The van der Waals surface area contributed by atoms with Crippen LogP contribution in [0.5, 0.6) is 11.5 Å². The lowest BCUT2D eigenvalue weighted by Crippen LogP contribution is -2.31. The summed E-state index contributed by atoms with van der Waals surface area (Å²) in [5.74, 6) is 0.328. The van der Waals surface area contributed by atoms with E-state index in [1.54, 1.807) is 30.3 Å². The van der Waals surface area contributed by atoms with Crippen molar-refractivity contribution in [3.05, 3.63) is 54.1 Å². The van der Waals surface area contributed by atoms with Gasteiger partial charge >= 0.3 is 12.6 Å². The van der Waals surface area contributed by atoms with E-state index in [2.05, 4.69) is 16.6 Å². The second-order valence-corrected chi connectivity index (χ2v) is 7.01. The average molecular weight is 391 g/mol. The lowest BCUT2D eigenvalue weighted by molar-refractivity contribution is -0.137. The predicted octanol–water partition coefficient (Wildman–Crippen LogP) is 4.56. The molecule has 0 spiro atoms. The summed E-state index contributed by atoms with van der Waals surface area (Å²) in [6, 6.07) is 13.9. The molecule has 2 unspecified atom stereocenters.